The van der Waals surface area contributed by atoms with E-state index in [0.717, 1.165) is 5.76 Å². The van der Waals surface area contributed by atoms with E-state index in [4.69, 9.17) is 10.2 Å². The van der Waals surface area contributed by atoms with Gasteiger partial charge in [0.25, 0.3) is 0 Å². The van der Waals surface area contributed by atoms with Gasteiger partial charge in [-0.2, -0.15) is 0 Å². The lowest BCUT2D eigenvalue weighted by Crippen LogP contribution is -2.09. The van der Waals surface area contributed by atoms with Crippen molar-refractivity contribution in [3.63, 3.8) is 0 Å². The highest BCUT2D eigenvalue weighted by atomic mass is 19.1. The number of benzene rings is 1. The van der Waals surface area contributed by atoms with Crippen LogP contribution >= 0.6 is 0 Å². The number of anilines is 1. The van der Waals surface area contributed by atoms with Crippen molar-refractivity contribution in [2.45, 2.75) is 13.0 Å². The van der Waals surface area contributed by atoms with Gasteiger partial charge < -0.3 is 10.2 Å². The lowest BCUT2D eigenvalue weighted by atomic mass is 10.2. The molecule has 0 bridgehead atoms. The molecule has 0 aliphatic carbocycles. The summed E-state index contributed by atoms with van der Waals surface area (Å²) in [5.74, 6) is 0.792. The first-order chi connectivity index (χ1) is 8.66. The topological polar surface area (TPSA) is 57.0 Å². The second kappa shape index (κ2) is 3.87. The average molecular weight is 245 g/mol. The summed E-state index contributed by atoms with van der Waals surface area (Å²) in [5.41, 5.74) is 7.23. The van der Waals surface area contributed by atoms with Crippen LogP contribution in [0.25, 0.3) is 11.0 Å². The van der Waals surface area contributed by atoms with Crippen LogP contribution in [-0.2, 0) is 0 Å². The van der Waals surface area contributed by atoms with E-state index in [9.17, 15) is 4.39 Å². The van der Waals surface area contributed by atoms with Crippen LogP contribution in [0, 0.1) is 5.82 Å². The molecular formula is C13H12FN3O. The van der Waals surface area contributed by atoms with Crippen molar-refractivity contribution >= 4 is 17.0 Å². The minimum absolute atomic E-state index is 0.133. The van der Waals surface area contributed by atoms with Crippen LogP contribution in [0.3, 0.4) is 0 Å². The standard InChI is InChI=1S/C13H12FN3O/c1-8(12-3-2-6-18-12)17-11-7-9(14)4-5-10(11)16-13(17)15/h2-8H,1H3,(H2,15,16). The Labute approximate surface area is 103 Å². The molecule has 1 atom stereocenters. The molecule has 4 nitrogen and oxygen atoms in total. The number of nitrogens with zero attached hydrogens (tertiary/aromatic N) is 2. The predicted octanol–water partition coefficient (Wildman–Crippen LogP) is 2.96. The second-order valence-corrected chi connectivity index (χ2v) is 4.16. The van der Waals surface area contributed by atoms with Gasteiger partial charge in [-0.05, 0) is 37.3 Å². The Morgan fingerprint density at radius 1 is 1.39 bits per heavy atom. The van der Waals surface area contributed by atoms with Gasteiger partial charge in [-0.15, -0.1) is 0 Å². The number of aromatic nitrogens is 2. The highest BCUT2D eigenvalue weighted by molar-refractivity contribution is 5.78. The molecule has 1 aromatic carbocycles. The fourth-order valence-corrected chi connectivity index (χ4v) is 2.15. The molecule has 92 valence electrons. The molecule has 0 aliphatic heterocycles. The van der Waals surface area contributed by atoms with Crippen LogP contribution in [0.15, 0.2) is 41.0 Å². The first-order valence-electron chi connectivity index (χ1n) is 5.63. The fourth-order valence-electron chi connectivity index (χ4n) is 2.15. The molecule has 0 saturated heterocycles. The maximum Gasteiger partial charge on any atom is 0.201 e. The Kier molecular flexibility index (Phi) is 2.33. The van der Waals surface area contributed by atoms with E-state index in [2.05, 4.69) is 4.98 Å². The van der Waals surface area contributed by atoms with E-state index in [1.54, 1.807) is 16.9 Å². The third kappa shape index (κ3) is 1.55. The maximum atomic E-state index is 13.3. The molecular weight excluding hydrogens is 233 g/mol. The van der Waals surface area contributed by atoms with Crippen molar-refractivity contribution < 1.29 is 8.81 Å². The molecule has 0 saturated carbocycles. The number of imidazole rings is 1. The van der Waals surface area contributed by atoms with Crippen molar-refractivity contribution in [2.24, 2.45) is 0 Å². The summed E-state index contributed by atoms with van der Waals surface area (Å²) < 4.78 is 20.4. The number of hydrogen-bond donors (Lipinski definition) is 1. The molecule has 3 rings (SSSR count). The van der Waals surface area contributed by atoms with Crippen molar-refractivity contribution in [3.8, 4) is 0 Å². The van der Waals surface area contributed by atoms with Gasteiger partial charge in [0, 0.05) is 0 Å². The lowest BCUT2D eigenvalue weighted by Gasteiger charge is -2.13. The third-order valence-corrected chi connectivity index (χ3v) is 3.02. The van der Waals surface area contributed by atoms with E-state index in [1.807, 2.05) is 19.1 Å². The second-order valence-electron chi connectivity index (χ2n) is 4.16. The van der Waals surface area contributed by atoms with E-state index < -0.39 is 0 Å². The number of hydrogen-bond acceptors (Lipinski definition) is 3. The summed E-state index contributed by atoms with van der Waals surface area (Å²) in [6, 6.07) is 7.95. The Hall–Kier alpha value is -2.30. The van der Waals surface area contributed by atoms with Gasteiger partial charge in [-0.3, -0.25) is 4.57 Å². The predicted molar refractivity (Wildman–Crippen MR) is 66.6 cm³/mol. The summed E-state index contributed by atoms with van der Waals surface area (Å²) in [6.45, 7) is 1.93. The van der Waals surface area contributed by atoms with Gasteiger partial charge in [-0.1, -0.05) is 0 Å². The van der Waals surface area contributed by atoms with Gasteiger partial charge >= 0.3 is 0 Å². The highest BCUT2D eigenvalue weighted by Crippen LogP contribution is 2.27. The third-order valence-electron chi connectivity index (χ3n) is 3.02. The largest absolute Gasteiger partial charge is 0.467 e. The molecule has 0 radical (unpaired) electrons. The summed E-state index contributed by atoms with van der Waals surface area (Å²) in [5, 5.41) is 0. The lowest BCUT2D eigenvalue weighted by molar-refractivity contribution is 0.453. The zero-order chi connectivity index (χ0) is 12.7. The quantitative estimate of drug-likeness (QED) is 0.755. The number of fused-ring (bicyclic) bond motifs is 1. The SMILES string of the molecule is CC(c1ccco1)n1c(N)nc2ccc(F)cc21. The van der Waals surface area contributed by atoms with E-state index in [1.165, 1.54) is 12.1 Å². The molecule has 18 heavy (non-hydrogen) atoms. The van der Waals surface area contributed by atoms with Crippen molar-refractivity contribution in [1.29, 1.82) is 0 Å². The van der Waals surface area contributed by atoms with Gasteiger partial charge in [0.05, 0.1) is 23.3 Å². The van der Waals surface area contributed by atoms with Gasteiger partial charge in [0.2, 0.25) is 5.95 Å². The molecule has 5 heteroatoms. The molecule has 0 amide bonds. The van der Waals surface area contributed by atoms with Crippen molar-refractivity contribution in [2.75, 3.05) is 5.73 Å². The summed E-state index contributed by atoms with van der Waals surface area (Å²) in [6.07, 6.45) is 1.60. The minimum Gasteiger partial charge on any atom is -0.467 e. The van der Waals surface area contributed by atoms with Gasteiger partial charge in [-0.25, -0.2) is 9.37 Å². The van der Waals surface area contributed by atoms with Gasteiger partial charge in [0.1, 0.15) is 11.6 Å². The normalized spacial score (nSPS) is 13.0. The number of nitrogen functional groups attached to an aromatic ring is 1. The number of rotatable bonds is 2. The van der Waals surface area contributed by atoms with Crippen LogP contribution in [0.5, 0.6) is 0 Å². The number of halogens is 1. The number of furan rings is 1. The molecule has 2 aromatic heterocycles. The minimum atomic E-state index is -0.310. The van der Waals surface area contributed by atoms with Crippen LogP contribution in [-0.4, -0.2) is 9.55 Å². The Morgan fingerprint density at radius 2 is 2.22 bits per heavy atom. The molecule has 1 unspecified atom stereocenters. The highest BCUT2D eigenvalue weighted by Gasteiger charge is 2.17. The zero-order valence-electron chi connectivity index (χ0n) is 9.80. The first-order valence-corrected chi connectivity index (χ1v) is 5.63. The van der Waals surface area contributed by atoms with Crippen LogP contribution in [0.1, 0.15) is 18.7 Å². The smallest absolute Gasteiger partial charge is 0.201 e. The molecule has 0 spiro atoms. The Morgan fingerprint density at radius 3 is 2.94 bits per heavy atom. The van der Waals surface area contributed by atoms with E-state index >= 15 is 0 Å². The van der Waals surface area contributed by atoms with E-state index in [0.29, 0.717) is 17.0 Å². The summed E-state index contributed by atoms with van der Waals surface area (Å²) in [4.78, 5) is 4.22. The van der Waals surface area contributed by atoms with Gasteiger partial charge in [0.15, 0.2) is 0 Å². The first kappa shape index (κ1) is 10.8. The Bertz CT molecular complexity index is 688. The molecule has 2 heterocycles. The summed E-state index contributed by atoms with van der Waals surface area (Å²) >= 11 is 0. The summed E-state index contributed by atoms with van der Waals surface area (Å²) in [7, 11) is 0. The van der Waals surface area contributed by atoms with E-state index in [-0.39, 0.29) is 11.9 Å². The van der Waals surface area contributed by atoms with Crippen LogP contribution in [0.2, 0.25) is 0 Å². The number of nitrogens with two attached hydrogens (primary N) is 1. The van der Waals surface area contributed by atoms with Crippen LogP contribution in [0.4, 0.5) is 10.3 Å². The zero-order valence-corrected chi connectivity index (χ0v) is 9.80. The van der Waals surface area contributed by atoms with Crippen LogP contribution < -0.4 is 5.73 Å². The molecule has 0 fully saturated rings. The fraction of sp³-hybridized carbons (Fsp3) is 0.154. The molecule has 0 aliphatic rings. The van der Waals surface area contributed by atoms with Crippen molar-refractivity contribution in [3.05, 3.63) is 48.2 Å². The molecule has 3 aromatic rings. The average Bonchev–Trinajstić information content (AvgIpc) is 2.94. The molecule has 2 N–H and O–H groups in total. The Balaban J connectivity index is 2.22. The maximum absolute atomic E-state index is 13.3. The monoisotopic (exact) mass is 245 g/mol. The van der Waals surface area contributed by atoms with Crippen molar-refractivity contribution in [1.82, 2.24) is 9.55 Å².